The standard InChI is InChI=1S/C22H28F2N4O/c1-15(2)13-27-11-8-19-17(14-27)21(29-20-7-6-16(23)12-18(20)24)26-22(25-19)28-9-4-3-5-10-28/h6-7,12,15H,3-5,8-11,13-14H2,1-2H3. The minimum absolute atomic E-state index is 0.0159. The van der Waals surface area contributed by atoms with Crippen molar-refractivity contribution < 1.29 is 13.5 Å². The Bertz CT molecular complexity index is 868. The zero-order valence-electron chi connectivity index (χ0n) is 17.1. The third-order valence-corrected chi connectivity index (χ3v) is 5.45. The molecule has 1 saturated heterocycles. The number of rotatable bonds is 5. The van der Waals surface area contributed by atoms with Gasteiger partial charge in [-0.2, -0.15) is 4.98 Å². The van der Waals surface area contributed by atoms with Crippen LogP contribution in [0.3, 0.4) is 0 Å². The Morgan fingerprint density at radius 1 is 1.07 bits per heavy atom. The predicted octanol–water partition coefficient (Wildman–Crippen LogP) is 4.55. The Kier molecular flexibility index (Phi) is 5.94. The molecular weight excluding hydrogens is 374 g/mol. The van der Waals surface area contributed by atoms with Crippen LogP contribution in [0, 0.1) is 17.6 Å². The zero-order valence-corrected chi connectivity index (χ0v) is 17.1. The van der Waals surface area contributed by atoms with Crippen molar-refractivity contribution in [3.63, 3.8) is 0 Å². The fourth-order valence-electron chi connectivity index (χ4n) is 4.08. The van der Waals surface area contributed by atoms with E-state index >= 15 is 0 Å². The Hall–Kier alpha value is -2.28. The molecule has 156 valence electrons. The summed E-state index contributed by atoms with van der Waals surface area (Å²) in [7, 11) is 0. The van der Waals surface area contributed by atoms with Crippen LogP contribution in [-0.4, -0.2) is 41.0 Å². The van der Waals surface area contributed by atoms with E-state index in [4.69, 9.17) is 9.72 Å². The maximum atomic E-state index is 14.2. The zero-order chi connectivity index (χ0) is 20.4. The first-order valence-corrected chi connectivity index (χ1v) is 10.5. The number of benzene rings is 1. The highest BCUT2D eigenvalue weighted by atomic mass is 19.1. The Labute approximate surface area is 170 Å². The summed E-state index contributed by atoms with van der Waals surface area (Å²) in [6.45, 7) is 8.80. The average Bonchev–Trinajstić information content (AvgIpc) is 2.70. The van der Waals surface area contributed by atoms with Gasteiger partial charge in [-0.05, 0) is 37.3 Å². The largest absolute Gasteiger partial charge is 0.435 e. The second-order valence-electron chi connectivity index (χ2n) is 8.36. The SMILES string of the molecule is CC(C)CN1CCc2nc(N3CCCCC3)nc(Oc3ccc(F)cc3F)c2C1. The lowest BCUT2D eigenvalue weighted by Crippen LogP contribution is -2.36. The first-order valence-electron chi connectivity index (χ1n) is 10.5. The minimum atomic E-state index is -0.730. The molecule has 2 aliphatic heterocycles. The molecule has 0 atom stereocenters. The monoisotopic (exact) mass is 402 g/mol. The van der Waals surface area contributed by atoms with E-state index in [9.17, 15) is 8.78 Å². The highest BCUT2D eigenvalue weighted by Gasteiger charge is 2.26. The van der Waals surface area contributed by atoms with E-state index in [0.717, 1.165) is 62.8 Å². The van der Waals surface area contributed by atoms with E-state index in [0.29, 0.717) is 24.3 Å². The molecule has 0 N–H and O–H groups in total. The maximum absolute atomic E-state index is 14.2. The highest BCUT2D eigenvalue weighted by molar-refractivity contribution is 5.44. The summed E-state index contributed by atoms with van der Waals surface area (Å²) in [6, 6.07) is 3.34. The van der Waals surface area contributed by atoms with Gasteiger partial charge >= 0.3 is 0 Å². The molecule has 3 heterocycles. The number of nitrogens with zero attached hydrogens (tertiary/aromatic N) is 4. The number of anilines is 1. The normalized spacial score (nSPS) is 17.5. The predicted molar refractivity (Wildman–Crippen MR) is 108 cm³/mol. The van der Waals surface area contributed by atoms with Crippen molar-refractivity contribution in [2.24, 2.45) is 5.92 Å². The third-order valence-electron chi connectivity index (χ3n) is 5.45. The van der Waals surface area contributed by atoms with E-state index in [1.807, 2.05) is 0 Å². The molecular formula is C22H28F2N4O. The van der Waals surface area contributed by atoms with Crippen LogP contribution in [0.15, 0.2) is 18.2 Å². The maximum Gasteiger partial charge on any atom is 0.229 e. The second kappa shape index (κ2) is 8.61. The lowest BCUT2D eigenvalue weighted by molar-refractivity contribution is 0.220. The summed E-state index contributed by atoms with van der Waals surface area (Å²) in [5.41, 5.74) is 1.87. The molecule has 0 saturated carbocycles. The van der Waals surface area contributed by atoms with Crippen LogP contribution >= 0.6 is 0 Å². The summed E-state index contributed by atoms with van der Waals surface area (Å²) in [5.74, 6) is 0.207. The lowest BCUT2D eigenvalue weighted by atomic mass is 10.0. The van der Waals surface area contributed by atoms with Crippen LogP contribution in [0.1, 0.15) is 44.4 Å². The molecule has 5 nitrogen and oxygen atoms in total. The van der Waals surface area contributed by atoms with Crippen LogP contribution in [0.4, 0.5) is 14.7 Å². The number of piperidine rings is 1. The van der Waals surface area contributed by atoms with Gasteiger partial charge in [-0.3, -0.25) is 4.90 Å². The van der Waals surface area contributed by atoms with Gasteiger partial charge in [0.15, 0.2) is 11.6 Å². The third kappa shape index (κ3) is 4.66. The van der Waals surface area contributed by atoms with Crippen LogP contribution in [0.25, 0.3) is 0 Å². The summed E-state index contributed by atoms with van der Waals surface area (Å²) in [6.07, 6.45) is 4.26. The van der Waals surface area contributed by atoms with Gasteiger partial charge in [0, 0.05) is 45.2 Å². The quantitative estimate of drug-likeness (QED) is 0.734. The number of hydrogen-bond donors (Lipinski definition) is 0. The van der Waals surface area contributed by atoms with Crippen molar-refractivity contribution in [2.75, 3.05) is 31.1 Å². The number of halogens is 2. The number of aromatic nitrogens is 2. The van der Waals surface area contributed by atoms with Gasteiger partial charge in [-0.25, -0.2) is 13.8 Å². The Morgan fingerprint density at radius 3 is 2.59 bits per heavy atom. The molecule has 2 aromatic rings. The summed E-state index contributed by atoms with van der Waals surface area (Å²) < 4.78 is 33.4. The van der Waals surface area contributed by atoms with E-state index in [1.165, 1.54) is 18.6 Å². The summed E-state index contributed by atoms with van der Waals surface area (Å²) >= 11 is 0. The number of fused-ring (bicyclic) bond motifs is 1. The molecule has 2 aliphatic rings. The van der Waals surface area contributed by atoms with Crippen molar-refractivity contribution in [1.82, 2.24) is 14.9 Å². The molecule has 1 fully saturated rings. The molecule has 29 heavy (non-hydrogen) atoms. The molecule has 1 aromatic carbocycles. The first kappa shape index (κ1) is 20.0. The van der Waals surface area contributed by atoms with Crippen molar-refractivity contribution in [3.05, 3.63) is 41.1 Å². The molecule has 7 heteroatoms. The average molecular weight is 402 g/mol. The van der Waals surface area contributed by atoms with Gasteiger partial charge in [-0.1, -0.05) is 13.8 Å². The molecule has 0 aliphatic carbocycles. The van der Waals surface area contributed by atoms with Gasteiger partial charge in [0.1, 0.15) is 5.82 Å². The summed E-state index contributed by atoms with van der Waals surface area (Å²) in [4.78, 5) is 14.1. The Balaban J connectivity index is 1.69. The van der Waals surface area contributed by atoms with Gasteiger partial charge < -0.3 is 9.64 Å². The molecule has 0 unspecified atom stereocenters. The van der Waals surface area contributed by atoms with Gasteiger partial charge in [-0.15, -0.1) is 0 Å². The molecule has 0 radical (unpaired) electrons. The van der Waals surface area contributed by atoms with Gasteiger partial charge in [0.05, 0.1) is 11.3 Å². The smallest absolute Gasteiger partial charge is 0.229 e. The van der Waals surface area contributed by atoms with Crippen LogP contribution in [0.5, 0.6) is 11.6 Å². The van der Waals surface area contributed by atoms with Crippen molar-refractivity contribution in [3.8, 4) is 11.6 Å². The van der Waals surface area contributed by atoms with Gasteiger partial charge in [0.2, 0.25) is 11.8 Å². The van der Waals surface area contributed by atoms with Crippen molar-refractivity contribution in [2.45, 2.75) is 46.1 Å². The summed E-state index contributed by atoms with van der Waals surface area (Å²) in [5, 5.41) is 0. The fourth-order valence-corrected chi connectivity index (χ4v) is 4.08. The van der Waals surface area contributed by atoms with E-state index in [2.05, 4.69) is 28.6 Å². The number of hydrogen-bond acceptors (Lipinski definition) is 5. The topological polar surface area (TPSA) is 41.5 Å². The van der Waals surface area contributed by atoms with E-state index in [1.54, 1.807) is 0 Å². The van der Waals surface area contributed by atoms with Crippen molar-refractivity contribution in [1.29, 1.82) is 0 Å². The number of ether oxygens (including phenoxy) is 1. The van der Waals surface area contributed by atoms with Crippen LogP contribution < -0.4 is 9.64 Å². The lowest BCUT2D eigenvalue weighted by Gasteiger charge is -2.32. The van der Waals surface area contributed by atoms with Crippen molar-refractivity contribution >= 4 is 5.95 Å². The first-order chi connectivity index (χ1) is 14.0. The molecule has 1 aromatic heterocycles. The second-order valence-corrected chi connectivity index (χ2v) is 8.36. The molecule has 0 amide bonds. The minimum Gasteiger partial charge on any atom is -0.435 e. The Morgan fingerprint density at radius 2 is 1.86 bits per heavy atom. The highest BCUT2D eigenvalue weighted by Crippen LogP contribution is 2.33. The molecule has 0 bridgehead atoms. The van der Waals surface area contributed by atoms with Crippen LogP contribution in [0.2, 0.25) is 0 Å². The van der Waals surface area contributed by atoms with E-state index in [-0.39, 0.29) is 5.75 Å². The fraction of sp³-hybridized carbons (Fsp3) is 0.545. The van der Waals surface area contributed by atoms with Crippen LogP contribution in [-0.2, 0) is 13.0 Å². The molecule has 0 spiro atoms. The molecule has 4 rings (SSSR count). The van der Waals surface area contributed by atoms with E-state index < -0.39 is 11.6 Å². The van der Waals surface area contributed by atoms with Gasteiger partial charge in [0.25, 0.3) is 0 Å².